The summed E-state index contributed by atoms with van der Waals surface area (Å²) < 4.78 is 5.06. The molecule has 0 unspecified atom stereocenters. The molecule has 9 heteroatoms. The van der Waals surface area contributed by atoms with E-state index >= 15 is 0 Å². The zero-order valence-electron chi connectivity index (χ0n) is 21.9. The number of ether oxygens (including phenoxy) is 1. The van der Waals surface area contributed by atoms with Crippen LogP contribution >= 0.6 is 0 Å². The van der Waals surface area contributed by atoms with Crippen molar-refractivity contribution in [3.8, 4) is 23.3 Å². The van der Waals surface area contributed by atoms with Crippen molar-refractivity contribution in [1.29, 1.82) is 10.5 Å². The van der Waals surface area contributed by atoms with Crippen molar-refractivity contribution in [2.24, 2.45) is 5.41 Å². The molecule has 1 aromatic carbocycles. The number of hydrogen-bond acceptors (Lipinski definition) is 7. The Morgan fingerprint density at radius 2 is 2.00 bits per heavy atom. The molecule has 5 rings (SSSR count). The molecule has 0 spiro atoms. The number of aromatic nitrogens is 1. The van der Waals surface area contributed by atoms with Gasteiger partial charge in [-0.1, -0.05) is 12.1 Å². The molecule has 0 radical (unpaired) electrons. The average molecular weight is 513 g/mol. The number of methoxy groups -OCH3 is 1. The number of hydrogen-bond donors (Lipinski definition) is 1. The van der Waals surface area contributed by atoms with Crippen LogP contribution in [0.3, 0.4) is 0 Å². The Morgan fingerprint density at radius 1 is 1.21 bits per heavy atom. The van der Waals surface area contributed by atoms with Gasteiger partial charge in [0, 0.05) is 50.0 Å². The van der Waals surface area contributed by atoms with Crippen molar-refractivity contribution in [2.45, 2.75) is 51.0 Å². The molecule has 2 amide bonds. The summed E-state index contributed by atoms with van der Waals surface area (Å²) in [5.74, 6) is 0.816. The zero-order chi connectivity index (χ0) is 26.9. The van der Waals surface area contributed by atoms with Crippen molar-refractivity contribution in [3.63, 3.8) is 0 Å². The molecular weight excluding hydrogens is 480 g/mol. The van der Waals surface area contributed by atoms with Gasteiger partial charge in [-0.15, -0.1) is 0 Å². The first-order chi connectivity index (χ1) is 18.4. The number of carbonyl (C=O) groups excluding carboxylic acids is 2. The largest absolute Gasteiger partial charge is 0.384 e. The smallest absolute Gasteiger partial charge is 0.244 e. The van der Waals surface area contributed by atoms with E-state index in [1.807, 2.05) is 42.2 Å². The minimum Gasteiger partial charge on any atom is -0.384 e. The molecule has 2 aliphatic carbocycles. The predicted octanol–water partition coefficient (Wildman–Crippen LogP) is 3.81. The molecule has 196 valence electrons. The summed E-state index contributed by atoms with van der Waals surface area (Å²) in [4.78, 5) is 34.2. The second-order valence-electron chi connectivity index (χ2n) is 10.5. The molecule has 3 aliphatic rings. The van der Waals surface area contributed by atoms with Gasteiger partial charge in [0.1, 0.15) is 17.3 Å². The monoisotopic (exact) mass is 512 g/mol. The SMILES string of the molecule is COCCC(=O)N1CCN(c2nc(C3CC3)c(-c3cccc(NC(=O)C4(C#N)CC4)c3)cc2C#N)C[C@H]1C. The summed E-state index contributed by atoms with van der Waals surface area (Å²) in [6, 6.07) is 13.9. The third-order valence-electron chi connectivity index (χ3n) is 7.71. The minimum atomic E-state index is -0.901. The Morgan fingerprint density at radius 3 is 2.63 bits per heavy atom. The fourth-order valence-electron chi connectivity index (χ4n) is 5.12. The number of carbonyl (C=O) groups is 2. The van der Waals surface area contributed by atoms with Gasteiger partial charge in [-0.05, 0) is 56.4 Å². The number of rotatable bonds is 8. The van der Waals surface area contributed by atoms with Crippen molar-refractivity contribution in [1.82, 2.24) is 9.88 Å². The van der Waals surface area contributed by atoms with E-state index in [1.165, 1.54) is 0 Å². The summed E-state index contributed by atoms with van der Waals surface area (Å²) in [5.41, 5.74) is 2.95. The first-order valence-electron chi connectivity index (χ1n) is 13.2. The van der Waals surface area contributed by atoms with E-state index in [0.717, 1.165) is 29.7 Å². The molecule has 9 nitrogen and oxygen atoms in total. The van der Waals surface area contributed by atoms with E-state index in [-0.39, 0.29) is 17.9 Å². The van der Waals surface area contributed by atoms with Crippen LogP contribution < -0.4 is 10.2 Å². The van der Waals surface area contributed by atoms with Crippen LogP contribution in [0.15, 0.2) is 30.3 Å². The summed E-state index contributed by atoms with van der Waals surface area (Å²) in [5, 5.41) is 22.3. The van der Waals surface area contributed by atoms with Crippen LogP contribution in [-0.4, -0.2) is 61.1 Å². The van der Waals surface area contributed by atoms with Crippen LogP contribution in [0.25, 0.3) is 11.1 Å². The van der Waals surface area contributed by atoms with Crippen LogP contribution in [0.2, 0.25) is 0 Å². The number of anilines is 2. The van der Waals surface area contributed by atoms with Gasteiger partial charge in [0.05, 0.1) is 30.4 Å². The molecule has 1 aliphatic heterocycles. The zero-order valence-corrected chi connectivity index (χ0v) is 21.9. The van der Waals surface area contributed by atoms with Gasteiger partial charge in [-0.3, -0.25) is 9.59 Å². The Bertz CT molecular complexity index is 1330. The maximum atomic E-state index is 12.6. The Balaban J connectivity index is 1.41. The molecule has 38 heavy (non-hydrogen) atoms. The average Bonchev–Trinajstić information content (AvgIpc) is 3.85. The normalized spacial score (nSPS) is 19.8. The molecule has 2 saturated carbocycles. The number of nitrogens with one attached hydrogen (secondary N) is 1. The lowest BCUT2D eigenvalue weighted by Gasteiger charge is -2.41. The lowest BCUT2D eigenvalue weighted by Crippen LogP contribution is -2.54. The van der Waals surface area contributed by atoms with Crippen LogP contribution in [0.1, 0.15) is 56.2 Å². The predicted molar refractivity (Wildman–Crippen MR) is 142 cm³/mol. The van der Waals surface area contributed by atoms with Crippen LogP contribution in [-0.2, 0) is 14.3 Å². The summed E-state index contributed by atoms with van der Waals surface area (Å²) in [6.07, 6.45) is 3.63. The molecule has 0 bridgehead atoms. The Kier molecular flexibility index (Phi) is 7.05. The first kappa shape index (κ1) is 25.7. The Hall–Kier alpha value is -3.95. The van der Waals surface area contributed by atoms with Crippen molar-refractivity contribution < 1.29 is 14.3 Å². The molecular formula is C29H32N6O3. The topological polar surface area (TPSA) is 122 Å². The third kappa shape index (κ3) is 5.07. The fraction of sp³-hybridized carbons (Fsp3) is 0.483. The quantitative estimate of drug-likeness (QED) is 0.571. The van der Waals surface area contributed by atoms with E-state index in [2.05, 4.69) is 22.4 Å². The second kappa shape index (κ2) is 10.4. The van der Waals surface area contributed by atoms with Gasteiger partial charge in [0.25, 0.3) is 0 Å². The van der Waals surface area contributed by atoms with Gasteiger partial charge in [-0.2, -0.15) is 10.5 Å². The molecule has 1 N–H and O–H groups in total. The highest BCUT2D eigenvalue weighted by Crippen LogP contribution is 2.47. The maximum Gasteiger partial charge on any atom is 0.244 e. The molecule has 3 fully saturated rings. The maximum absolute atomic E-state index is 12.6. The van der Waals surface area contributed by atoms with E-state index in [9.17, 15) is 20.1 Å². The van der Waals surface area contributed by atoms with Crippen molar-refractivity contribution >= 4 is 23.3 Å². The van der Waals surface area contributed by atoms with Gasteiger partial charge in [0.2, 0.25) is 11.8 Å². The molecule has 1 aromatic heterocycles. The van der Waals surface area contributed by atoms with Gasteiger partial charge in [0.15, 0.2) is 0 Å². The van der Waals surface area contributed by atoms with Crippen molar-refractivity contribution in [3.05, 3.63) is 41.6 Å². The van der Waals surface area contributed by atoms with Gasteiger partial charge >= 0.3 is 0 Å². The van der Waals surface area contributed by atoms with Crippen LogP contribution in [0, 0.1) is 28.1 Å². The number of piperazine rings is 1. The molecule has 2 aromatic rings. The minimum absolute atomic E-state index is 0.00559. The standard InChI is InChI=1S/C29H32N6O3/c1-19-17-34(11-12-35(19)25(36)8-13-38-2)27-22(16-30)15-24(26(33-27)20-6-7-20)21-4-3-5-23(14-21)32-28(37)29(18-31)9-10-29/h3-5,14-15,19-20H,6-13,17H2,1-2H3,(H,32,37)/t19-/m1/s1. The van der Waals surface area contributed by atoms with Gasteiger partial charge < -0.3 is 19.9 Å². The lowest BCUT2D eigenvalue weighted by atomic mass is 9.98. The van der Waals surface area contributed by atoms with Crippen LogP contribution in [0.5, 0.6) is 0 Å². The second-order valence-corrected chi connectivity index (χ2v) is 10.5. The van der Waals surface area contributed by atoms with Gasteiger partial charge in [-0.25, -0.2) is 4.98 Å². The van der Waals surface area contributed by atoms with E-state index in [4.69, 9.17) is 9.72 Å². The van der Waals surface area contributed by atoms with E-state index in [0.29, 0.717) is 68.5 Å². The molecule has 2 heterocycles. The summed E-state index contributed by atoms with van der Waals surface area (Å²) in [6.45, 7) is 4.21. The third-order valence-corrected chi connectivity index (χ3v) is 7.71. The summed E-state index contributed by atoms with van der Waals surface area (Å²) in [7, 11) is 1.59. The highest BCUT2D eigenvalue weighted by molar-refractivity contribution is 5.99. The summed E-state index contributed by atoms with van der Waals surface area (Å²) >= 11 is 0. The number of benzene rings is 1. The molecule has 1 atom stereocenters. The van der Waals surface area contributed by atoms with E-state index < -0.39 is 5.41 Å². The fourth-order valence-corrected chi connectivity index (χ4v) is 5.12. The van der Waals surface area contributed by atoms with Crippen LogP contribution in [0.4, 0.5) is 11.5 Å². The number of nitrogens with zero attached hydrogens (tertiary/aromatic N) is 5. The number of pyridine rings is 1. The number of amides is 2. The Labute approximate surface area is 223 Å². The highest BCUT2D eigenvalue weighted by atomic mass is 16.5. The molecule has 1 saturated heterocycles. The first-order valence-corrected chi connectivity index (χ1v) is 13.2. The lowest BCUT2D eigenvalue weighted by molar-refractivity contribution is -0.134. The van der Waals surface area contributed by atoms with Crippen molar-refractivity contribution in [2.75, 3.05) is 43.6 Å². The highest BCUT2D eigenvalue weighted by Gasteiger charge is 2.50. The van der Waals surface area contributed by atoms with E-state index in [1.54, 1.807) is 7.11 Å². The number of nitriles is 2.